The molecule has 1 aromatic carbocycles. The van der Waals surface area contributed by atoms with E-state index in [0.29, 0.717) is 38.0 Å². The lowest BCUT2D eigenvalue weighted by atomic mass is 10.0. The first-order chi connectivity index (χ1) is 13.2. The van der Waals surface area contributed by atoms with E-state index in [9.17, 15) is 19.5 Å². The molecule has 8 heteroatoms. The van der Waals surface area contributed by atoms with Gasteiger partial charge in [-0.1, -0.05) is 23.9 Å². The maximum atomic E-state index is 12.1. The summed E-state index contributed by atoms with van der Waals surface area (Å²) in [7, 11) is 0. The molecular weight excluding hydrogens is 378 g/mol. The van der Waals surface area contributed by atoms with E-state index in [1.807, 2.05) is 19.1 Å². The molecular formula is C20H29N3O4S. The van der Waals surface area contributed by atoms with Crippen LogP contribution in [0.15, 0.2) is 18.2 Å². The van der Waals surface area contributed by atoms with Crippen molar-refractivity contribution in [2.45, 2.75) is 57.5 Å². The minimum atomic E-state index is -0.774. The SMILES string of the molecule is Cc1cc(CCC(=O)NCCCCC(N)C(=O)NC2(C)CSC2=O)ccc1O. The molecule has 28 heavy (non-hydrogen) atoms. The van der Waals surface area contributed by atoms with Crippen LogP contribution >= 0.6 is 11.8 Å². The number of nitrogens with one attached hydrogen (secondary N) is 2. The Morgan fingerprint density at radius 3 is 2.71 bits per heavy atom. The average Bonchev–Trinajstić information content (AvgIpc) is 2.67. The van der Waals surface area contributed by atoms with Crippen LogP contribution in [0.3, 0.4) is 0 Å². The minimum absolute atomic E-state index is 0.0262. The van der Waals surface area contributed by atoms with Gasteiger partial charge in [-0.15, -0.1) is 0 Å². The third kappa shape index (κ3) is 6.24. The third-order valence-electron chi connectivity index (χ3n) is 4.84. The number of aryl methyl sites for hydroxylation is 2. The van der Waals surface area contributed by atoms with Gasteiger partial charge in [0.1, 0.15) is 11.3 Å². The van der Waals surface area contributed by atoms with Gasteiger partial charge in [0, 0.05) is 18.7 Å². The van der Waals surface area contributed by atoms with Crippen LogP contribution in [0, 0.1) is 6.92 Å². The molecule has 0 bridgehead atoms. The van der Waals surface area contributed by atoms with Crippen LogP contribution in [0.25, 0.3) is 0 Å². The Morgan fingerprint density at radius 1 is 1.36 bits per heavy atom. The zero-order chi connectivity index (χ0) is 20.7. The normalized spacial score (nSPS) is 19.6. The first-order valence-electron chi connectivity index (χ1n) is 9.51. The van der Waals surface area contributed by atoms with Crippen molar-refractivity contribution in [3.05, 3.63) is 29.3 Å². The number of thioether (sulfide) groups is 1. The lowest BCUT2D eigenvalue weighted by Crippen LogP contribution is -2.62. The summed E-state index contributed by atoms with van der Waals surface area (Å²) in [5, 5.41) is 15.1. The van der Waals surface area contributed by atoms with Crippen molar-refractivity contribution >= 4 is 28.7 Å². The molecule has 2 unspecified atom stereocenters. The molecule has 0 radical (unpaired) electrons. The van der Waals surface area contributed by atoms with Crippen LogP contribution in [0.1, 0.15) is 43.7 Å². The van der Waals surface area contributed by atoms with Crippen molar-refractivity contribution in [2.24, 2.45) is 5.73 Å². The molecule has 0 saturated carbocycles. The Morgan fingerprint density at radius 2 is 2.11 bits per heavy atom. The number of unbranched alkanes of at least 4 members (excludes halogenated alkanes) is 1. The van der Waals surface area contributed by atoms with Crippen LogP contribution in [-0.4, -0.2) is 45.9 Å². The Kier molecular flexibility index (Phi) is 7.88. The molecule has 154 valence electrons. The number of nitrogens with two attached hydrogens (primary N) is 1. The highest BCUT2D eigenvalue weighted by atomic mass is 32.2. The summed E-state index contributed by atoms with van der Waals surface area (Å²) >= 11 is 1.21. The maximum Gasteiger partial charge on any atom is 0.237 e. The standard InChI is InChI=1S/C20H29N3O4S/c1-13-11-14(6-8-16(13)24)7-9-17(25)22-10-4-3-5-15(21)18(26)23-20(2)12-28-19(20)27/h6,8,11,15,24H,3-5,7,9-10,12,21H2,1-2H3,(H,22,25)(H,23,26). The van der Waals surface area contributed by atoms with Crippen molar-refractivity contribution in [2.75, 3.05) is 12.3 Å². The van der Waals surface area contributed by atoms with Crippen molar-refractivity contribution in [3.8, 4) is 5.75 Å². The van der Waals surface area contributed by atoms with Gasteiger partial charge in [0.15, 0.2) is 0 Å². The lowest BCUT2D eigenvalue weighted by Gasteiger charge is -2.36. The number of rotatable bonds is 10. The second-order valence-corrected chi connectivity index (χ2v) is 8.42. The number of amides is 2. The van der Waals surface area contributed by atoms with E-state index in [2.05, 4.69) is 10.6 Å². The largest absolute Gasteiger partial charge is 0.508 e. The Bertz CT molecular complexity index is 740. The quantitative estimate of drug-likeness (QED) is 0.435. The Hall–Kier alpha value is -2.06. The summed E-state index contributed by atoms with van der Waals surface area (Å²) in [5.74, 6) is 0.512. The van der Waals surface area contributed by atoms with Crippen LogP contribution in [0.5, 0.6) is 5.75 Å². The first kappa shape index (κ1) is 22.2. The number of carbonyl (C=O) groups is 3. The molecule has 2 amide bonds. The number of hydrogen-bond acceptors (Lipinski definition) is 6. The van der Waals surface area contributed by atoms with Crippen molar-refractivity contribution in [1.29, 1.82) is 0 Å². The fourth-order valence-electron chi connectivity index (χ4n) is 2.87. The van der Waals surface area contributed by atoms with Gasteiger partial charge in [0.25, 0.3) is 0 Å². The molecule has 5 N–H and O–H groups in total. The van der Waals surface area contributed by atoms with Gasteiger partial charge in [-0.2, -0.15) is 0 Å². The zero-order valence-electron chi connectivity index (χ0n) is 16.4. The second-order valence-electron chi connectivity index (χ2n) is 7.47. The summed E-state index contributed by atoms with van der Waals surface area (Å²) in [5.41, 5.74) is 6.93. The third-order valence-corrected chi connectivity index (χ3v) is 6.28. The molecule has 0 aliphatic carbocycles. The second kappa shape index (κ2) is 9.93. The van der Waals surface area contributed by atoms with Crippen LogP contribution in [-0.2, 0) is 20.8 Å². The molecule has 7 nitrogen and oxygen atoms in total. The predicted octanol–water partition coefficient (Wildman–Crippen LogP) is 1.40. The molecule has 1 fully saturated rings. The molecule has 1 aliphatic rings. The minimum Gasteiger partial charge on any atom is -0.508 e. The number of aromatic hydroxyl groups is 1. The van der Waals surface area contributed by atoms with E-state index in [1.54, 1.807) is 13.0 Å². The van der Waals surface area contributed by atoms with E-state index in [4.69, 9.17) is 5.73 Å². The van der Waals surface area contributed by atoms with E-state index in [1.165, 1.54) is 11.8 Å². The maximum absolute atomic E-state index is 12.1. The highest BCUT2D eigenvalue weighted by molar-refractivity contribution is 8.16. The van der Waals surface area contributed by atoms with Gasteiger partial charge < -0.3 is 21.5 Å². The topological polar surface area (TPSA) is 122 Å². The number of carbonyl (C=O) groups excluding carboxylic acids is 3. The summed E-state index contributed by atoms with van der Waals surface area (Å²) < 4.78 is 0. The Balaban J connectivity index is 1.56. The van der Waals surface area contributed by atoms with E-state index < -0.39 is 11.6 Å². The average molecular weight is 408 g/mol. The van der Waals surface area contributed by atoms with Crippen molar-refractivity contribution in [3.63, 3.8) is 0 Å². The molecule has 2 atom stereocenters. The molecule has 1 saturated heterocycles. The van der Waals surface area contributed by atoms with E-state index >= 15 is 0 Å². The smallest absolute Gasteiger partial charge is 0.237 e. The van der Waals surface area contributed by atoms with Gasteiger partial charge in [0.2, 0.25) is 16.9 Å². The monoisotopic (exact) mass is 407 g/mol. The number of phenols is 1. The summed E-state index contributed by atoms with van der Waals surface area (Å²) in [6.45, 7) is 4.08. The van der Waals surface area contributed by atoms with Crippen LogP contribution in [0.2, 0.25) is 0 Å². The van der Waals surface area contributed by atoms with E-state index in [-0.39, 0.29) is 22.7 Å². The van der Waals surface area contributed by atoms with Crippen LogP contribution < -0.4 is 16.4 Å². The molecule has 2 rings (SSSR count). The number of phenolic OH excluding ortho intramolecular Hbond substituents is 1. The molecule has 1 heterocycles. The van der Waals surface area contributed by atoms with Crippen molar-refractivity contribution < 1.29 is 19.5 Å². The number of hydrogen-bond donors (Lipinski definition) is 4. The van der Waals surface area contributed by atoms with Gasteiger partial charge in [-0.25, -0.2) is 0 Å². The molecule has 1 aliphatic heterocycles. The van der Waals surface area contributed by atoms with Crippen molar-refractivity contribution in [1.82, 2.24) is 10.6 Å². The molecule has 0 spiro atoms. The lowest BCUT2D eigenvalue weighted by molar-refractivity contribution is -0.128. The first-order valence-corrected chi connectivity index (χ1v) is 10.5. The fourth-order valence-corrected chi connectivity index (χ4v) is 3.69. The van der Waals surface area contributed by atoms with Gasteiger partial charge >= 0.3 is 0 Å². The predicted molar refractivity (Wildman–Crippen MR) is 110 cm³/mol. The number of benzene rings is 1. The molecule has 1 aromatic rings. The summed E-state index contributed by atoms with van der Waals surface area (Å²) in [6, 6.07) is 4.69. The summed E-state index contributed by atoms with van der Waals surface area (Å²) in [4.78, 5) is 35.5. The van der Waals surface area contributed by atoms with Crippen LogP contribution in [0.4, 0.5) is 0 Å². The fraction of sp³-hybridized carbons (Fsp3) is 0.550. The van der Waals surface area contributed by atoms with Gasteiger partial charge in [-0.05, 0) is 56.7 Å². The zero-order valence-corrected chi connectivity index (χ0v) is 17.2. The highest BCUT2D eigenvalue weighted by Gasteiger charge is 2.44. The van der Waals surface area contributed by atoms with Gasteiger partial charge in [0.05, 0.1) is 6.04 Å². The van der Waals surface area contributed by atoms with Gasteiger partial charge in [-0.3, -0.25) is 14.4 Å². The highest BCUT2D eigenvalue weighted by Crippen LogP contribution is 2.31. The molecule has 0 aromatic heterocycles. The Labute approximate surface area is 169 Å². The van der Waals surface area contributed by atoms with E-state index in [0.717, 1.165) is 17.5 Å². The summed E-state index contributed by atoms with van der Waals surface area (Å²) in [6.07, 6.45) is 2.96.